The zero-order valence-electron chi connectivity index (χ0n) is 6.13. The van der Waals surface area contributed by atoms with Crippen molar-refractivity contribution < 1.29 is 4.74 Å². The standard InChI is InChI=1S/C5H15BN2O/c1-4(6)9-5(2-7)3-8/h4-5H,2-3,6-8H2,1H3. The summed E-state index contributed by atoms with van der Waals surface area (Å²) in [7, 11) is 1.97. The van der Waals surface area contributed by atoms with Gasteiger partial charge >= 0.3 is 0 Å². The maximum atomic E-state index is 5.33. The Morgan fingerprint density at radius 3 is 2.00 bits per heavy atom. The van der Waals surface area contributed by atoms with Gasteiger partial charge in [0.2, 0.25) is 0 Å². The van der Waals surface area contributed by atoms with Gasteiger partial charge in [0.1, 0.15) is 7.85 Å². The highest BCUT2D eigenvalue weighted by atomic mass is 16.5. The van der Waals surface area contributed by atoms with E-state index in [-0.39, 0.29) is 12.1 Å². The van der Waals surface area contributed by atoms with Crippen molar-refractivity contribution >= 4 is 7.85 Å². The lowest BCUT2D eigenvalue weighted by molar-refractivity contribution is 0.0512. The van der Waals surface area contributed by atoms with Crippen LogP contribution in [0.2, 0.25) is 0 Å². The van der Waals surface area contributed by atoms with Gasteiger partial charge in [-0.15, -0.1) is 0 Å². The van der Waals surface area contributed by atoms with Gasteiger partial charge in [0, 0.05) is 19.1 Å². The summed E-state index contributed by atoms with van der Waals surface area (Å²) in [5.74, 6) is 0. The lowest BCUT2D eigenvalue weighted by atomic mass is 10.0. The SMILES string of the molecule is BC(C)OC(CN)CN. The highest BCUT2D eigenvalue weighted by molar-refractivity contribution is 6.10. The topological polar surface area (TPSA) is 61.3 Å². The maximum absolute atomic E-state index is 5.33. The molecule has 0 saturated heterocycles. The second-order valence-corrected chi connectivity index (χ2v) is 2.28. The fourth-order valence-electron chi connectivity index (χ4n) is 0.592. The van der Waals surface area contributed by atoms with E-state index >= 15 is 0 Å². The minimum Gasteiger partial charge on any atom is -0.382 e. The van der Waals surface area contributed by atoms with Crippen molar-refractivity contribution in [2.24, 2.45) is 11.5 Å². The normalized spacial score (nSPS) is 14.2. The van der Waals surface area contributed by atoms with Crippen molar-refractivity contribution in [1.82, 2.24) is 0 Å². The quantitative estimate of drug-likeness (QED) is 0.444. The van der Waals surface area contributed by atoms with Gasteiger partial charge < -0.3 is 16.2 Å². The summed E-state index contributed by atoms with van der Waals surface area (Å²) in [5.41, 5.74) is 10.7. The van der Waals surface area contributed by atoms with E-state index in [1.165, 1.54) is 0 Å². The zero-order chi connectivity index (χ0) is 7.28. The highest BCUT2D eigenvalue weighted by Crippen LogP contribution is 1.90. The summed E-state index contributed by atoms with van der Waals surface area (Å²) in [6.45, 7) is 2.99. The van der Waals surface area contributed by atoms with Crippen molar-refractivity contribution in [2.45, 2.75) is 19.0 Å². The first-order valence-corrected chi connectivity index (χ1v) is 3.26. The third kappa shape index (κ3) is 4.45. The van der Waals surface area contributed by atoms with E-state index in [0.717, 1.165) is 0 Å². The predicted molar refractivity (Wildman–Crippen MR) is 41.0 cm³/mol. The number of hydrogen-bond donors (Lipinski definition) is 2. The van der Waals surface area contributed by atoms with Crippen LogP contribution in [0.4, 0.5) is 0 Å². The summed E-state index contributed by atoms with van der Waals surface area (Å²) in [4.78, 5) is 0. The first-order chi connectivity index (χ1) is 4.20. The Hall–Kier alpha value is -0.0551. The molecule has 0 aliphatic rings. The molecule has 1 unspecified atom stereocenters. The molecule has 0 aromatic carbocycles. The number of nitrogens with two attached hydrogens (primary N) is 2. The largest absolute Gasteiger partial charge is 0.382 e. The molecule has 4 N–H and O–H groups in total. The van der Waals surface area contributed by atoms with E-state index in [9.17, 15) is 0 Å². The number of ether oxygens (including phenoxy) is 1. The molecule has 0 bridgehead atoms. The first-order valence-electron chi connectivity index (χ1n) is 3.26. The molecule has 0 aromatic heterocycles. The lowest BCUT2D eigenvalue weighted by Gasteiger charge is -2.16. The Balaban J connectivity index is 3.31. The van der Waals surface area contributed by atoms with Crippen LogP contribution in [0.1, 0.15) is 6.92 Å². The second kappa shape index (κ2) is 4.79. The molecule has 0 amide bonds. The van der Waals surface area contributed by atoms with E-state index in [2.05, 4.69) is 0 Å². The molecular weight excluding hydrogens is 115 g/mol. The smallest absolute Gasteiger partial charge is 0.138 e. The van der Waals surface area contributed by atoms with Gasteiger partial charge in [0.25, 0.3) is 0 Å². The minimum absolute atomic E-state index is 0.0324. The second-order valence-electron chi connectivity index (χ2n) is 2.28. The summed E-state index contributed by atoms with van der Waals surface area (Å²) < 4.78 is 5.30. The van der Waals surface area contributed by atoms with Gasteiger partial charge in [-0.1, -0.05) is 0 Å². The van der Waals surface area contributed by atoms with Gasteiger partial charge in [-0.3, -0.25) is 0 Å². The van der Waals surface area contributed by atoms with Crippen LogP contribution < -0.4 is 11.5 Å². The molecule has 0 rings (SSSR count). The van der Waals surface area contributed by atoms with Crippen LogP contribution in [0.5, 0.6) is 0 Å². The van der Waals surface area contributed by atoms with E-state index in [1.54, 1.807) is 0 Å². The predicted octanol–water partition coefficient (Wildman–Crippen LogP) is -1.73. The third-order valence-corrected chi connectivity index (χ3v) is 0.990. The molecule has 1 atom stereocenters. The van der Waals surface area contributed by atoms with Crippen molar-refractivity contribution in [3.8, 4) is 0 Å². The summed E-state index contributed by atoms with van der Waals surface area (Å²) in [6.07, 6.45) is 0.0324. The number of rotatable bonds is 4. The fraction of sp³-hybridized carbons (Fsp3) is 1.00. The Morgan fingerprint density at radius 2 is 1.89 bits per heavy atom. The van der Waals surface area contributed by atoms with Crippen LogP contribution in [0.15, 0.2) is 0 Å². The van der Waals surface area contributed by atoms with Crippen LogP contribution >= 0.6 is 0 Å². The molecule has 0 fully saturated rings. The minimum atomic E-state index is 0.0324. The summed E-state index contributed by atoms with van der Waals surface area (Å²) in [5, 5.41) is 0. The molecule has 0 aliphatic heterocycles. The van der Waals surface area contributed by atoms with Crippen LogP contribution in [-0.2, 0) is 4.74 Å². The average Bonchev–Trinajstić information content (AvgIpc) is 1.82. The Bertz CT molecular complexity index is 66.0. The van der Waals surface area contributed by atoms with Crippen LogP contribution in [0.3, 0.4) is 0 Å². The number of hydrogen-bond acceptors (Lipinski definition) is 3. The monoisotopic (exact) mass is 130 g/mol. The van der Waals surface area contributed by atoms with Gasteiger partial charge in [-0.2, -0.15) is 0 Å². The molecule has 54 valence electrons. The molecule has 0 radical (unpaired) electrons. The fourth-order valence-corrected chi connectivity index (χ4v) is 0.592. The van der Waals surface area contributed by atoms with Gasteiger partial charge in [-0.25, -0.2) is 0 Å². The van der Waals surface area contributed by atoms with E-state index in [0.29, 0.717) is 13.1 Å². The first kappa shape index (κ1) is 8.94. The Labute approximate surface area is 57.1 Å². The average molecular weight is 130 g/mol. The van der Waals surface area contributed by atoms with Crippen LogP contribution in [0, 0.1) is 0 Å². The van der Waals surface area contributed by atoms with Crippen molar-refractivity contribution in [2.75, 3.05) is 13.1 Å². The van der Waals surface area contributed by atoms with E-state index in [4.69, 9.17) is 16.2 Å². The molecule has 0 aliphatic carbocycles. The molecule has 0 spiro atoms. The van der Waals surface area contributed by atoms with Crippen molar-refractivity contribution in [3.63, 3.8) is 0 Å². The molecule has 9 heavy (non-hydrogen) atoms. The molecule has 0 heterocycles. The van der Waals surface area contributed by atoms with Crippen molar-refractivity contribution in [1.29, 1.82) is 0 Å². The van der Waals surface area contributed by atoms with Gasteiger partial charge in [0.05, 0.1) is 6.10 Å². The lowest BCUT2D eigenvalue weighted by Crippen LogP contribution is -2.34. The van der Waals surface area contributed by atoms with Gasteiger partial charge in [-0.05, 0) is 6.92 Å². The zero-order valence-corrected chi connectivity index (χ0v) is 6.13. The van der Waals surface area contributed by atoms with Gasteiger partial charge in [0.15, 0.2) is 0 Å². The summed E-state index contributed by atoms with van der Waals surface area (Å²) in [6, 6.07) is 0.224. The van der Waals surface area contributed by atoms with E-state index in [1.807, 2.05) is 14.8 Å². The molecule has 4 heteroatoms. The Morgan fingerprint density at radius 1 is 1.44 bits per heavy atom. The highest BCUT2D eigenvalue weighted by Gasteiger charge is 2.04. The Kier molecular flexibility index (Phi) is 4.76. The summed E-state index contributed by atoms with van der Waals surface area (Å²) >= 11 is 0. The maximum Gasteiger partial charge on any atom is 0.138 e. The molecule has 3 nitrogen and oxygen atoms in total. The molecule has 0 saturated carbocycles. The molecular formula is C5H15BN2O. The van der Waals surface area contributed by atoms with Crippen molar-refractivity contribution in [3.05, 3.63) is 0 Å². The van der Waals surface area contributed by atoms with Crippen LogP contribution in [0.25, 0.3) is 0 Å². The van der Waals surface area contributed by atoms with E-state index < -0.39 is 0 Å². The third-order valence-electron chi connectivity index (χ3n) is 0.990. The van der Waals surface area contributed by atoms with Crippen LogP contribution in [-0.4, -0.2) is 33.0 Å². The molecule has 0 aromatic rings.